The predicted molar refractivity (Wildman–Crippen MR) is 83.8 cm³/mol. The van der Waals surface area contributed by atoms with Gasteiger partial charge in [0.25, 0.3) is 0 Å². The molecule has 2 nitrogen and oxygen atoms in total. The second-order valence-corrected chi connectivity index (χ2v) is 5.75. The van der Waals surface area contributed by atoms with Crippen molar-refractivity contribution < 1.29 is 0 Å². The van der Waals surface area contributed by atoms with Gasteiger partial charge < -0.3 is 0 Å². The quantitative estimate of drug-likeness (QED) is 0.810. The predicted octanol–water partition coefficient (Wildman–Crippen LogP) is 4.52. The zero-order chi connectivity index (χ0) is 13.2. The van der Waals surface area contributed by atoms with Gasteiger partial charge in [0.15, 0.2) is 0 Å². The fourth-order valence-electron chi connectivity index (χ4n) is 2.31. The van der Waals surface area contributed by atoms with Gasteiger partial charge in [-0.3, -0.25) is 5.43 Å². The minimum absolute atomic E-state index is 1.00. The van der Waals surface area contributed by atoms with E-state index in [2.05, 4.69) is 75.8 Å². The minimum atomic E-state index is 1.00. The fraction of sp³-hybridized carbons (Fsp3) is 0.188. The Kier molecular flexibility index (Phi) is 3.38. The van der Waals surface area contributed by atoms with Crippen LogP contribution in [0.25, 0.3) is 0 Å². The number of aryl methyl sites for hydroxylation is 2. The second kappa shape index (κ2) is 5.17. The molecule has 0 saturated carbocycles. The van der Waals surface area contributed by atoms with Crippen molar-refractivity contribution in [2.24, 2.45) is 5.10 Å². The molecule has 0 radical (unpaired) electrons. The number of benzene rings is 2. The van der Waals surface area contributed by atoms with Crippen LogP contribution in [0.2, 0.25) is 0 Å². The Morgan fingerprint density at radius 1 is 1.05 bits per heavy atom. The minimum Gasteiger partial charge on any atom is -0.278 e. The van der Waals surface area contributed by atoms with Crippen LogP contribution in [-0.4, -0.2) is 5.71 Å². The first-order valence-electron chi connectivity index (χ1n) is 6.40. The average molecular weight is 315 g/mol. The van der Waals surface area contributed by atoms with E-state index in [1.807, 2.05) is 0 Å². The van der Waals surface area contributed by atoms with Crippen LogP contribution in [0, 0.1) is 6.92 Å². The molecule has 0 unspecified atom stereocenters. The van der Waals surface area contributed by atoms with E-state index in [4.69, 9.17) is 0 Å². The standard InChI is InChI=1S/C16H15BrN2/c1-11-2-6-14(7-3-11)18-19-16-9-4-12-10-13(17)5-8-15(12)16/h2-3,5-8,10,18H,4,9H2,1H3/b19-16-. The van der Waals surface area contributed by atoms with Crippen LogP contribution in [-0.2, 0) is 6.42 Å². The summed E-state index contributed by atoms with van der Waals surface area (Å²) in [6.07, 6.45) is 2.08. The molecule has 3 heteroatoms. The average Bonchev–Trinajstić information content (AvgIpc) is 2.80. The van der Waals surface area contributed by atoms with Gasteiger partial charge in [-0.15, -0.1) is 0 Å². The van der Waals surface area contributed by atoms with Crippen LogP contribution in [0.4, 0.5) is 5.69 Å². The van der Waals surface area contributed by atoms with E-state index in [0.29, 0.717) is 0 Å². The number of anilines is 1. The molecular weight excluding hydrogens is 300 g/mol. The molecule has 19 heavy (non-hydrogen) atoms. The van der Waals surface area contributed by atoms with Crippen LogP contribution in [0.15, 0.2) is 52.0 Å². The first kappa shape index (κ1) is 12.4. The lowest BCUT2D eigenvalue weighted by Gasteiger charge is -2.04. The van der Waals surface area contributed by atoms with Crippen LogP contribution < -0.4 is 5.43 Å². The summed E-state index contributed by atoms with van der Waals surface area (Å²) in [5, 5.41) is 4.55. The Morgan fingerprint density at radius 2 is 1.84 bits per heavy atom. The summed E-state index contributed by atoms with van der Waals surface area (Å²) < 4.78 is 1.14. The van der Waals surface area contributed by atoms with E-state index in [1.54, 1.807) is 0 Å². The third kappa shape index (κ3) is 2.71. The normalized spacial score (nSPS) is 15.6. The summed E-state index contributed by atoms with van der Waals surface area (Å²) in [5.41, 5.74) is 9.22. The molecule has 2 aromatic carbocycles. The maximum Gasteiger partial charge on any atom is 0.0685 e. The highest BCUT2D eigenvalue weighted by atomic mass is 79.9. The smallest absolute Gasteiger partial charge is 0.0685 e. The fourth-order valence-corrected chi connectivity index (χ4v) is 2.72. The maximum atomic E-state index is 4.55. The van der Waals surface area contributed by atoms with E-state index in [9.17, 15) is 0 Å². The number of hydrogen-bond acceptors (Lipinski definition) is 2. The highest BCUT2D eigenvalue weighted by molar-refractivity contribution is 9.10. The van der Waals surface area contributed by atoms with Crippen LogP contribution in [0.1, 0.15) is 23.1 Å². The molecule has 2 aromatic rings. The molecule has 3 rings (SSSR count). The Balaban J connectivity index is 1.81. The van der Waals surface area contributed by atoms with Crippen LogP contribution in [0.5, 0.6) is 0 Å². The molecule has 0 fully saturated rings. The molecule has 96 valence electrons. The van der Waals surface area contributed by atoms with Crippen LogP contribution in [0.3, 0.4) is 0 Å². The number of hydrogen-bond donors (Lipinski definition) is 1. The van der Waals surface area contributed by atoms with Gasteiger partial charge in [-0.05, 0) is 49.6 Å². The number of nitrogens with one attached hydrogen (secondary N) is 1. The SMILES string of the molecule is Cc1ccc(N/N=C2/CCc3cc(Br)ccc32)cc1. The Morgan fingerprint density at radius 3 is 2.63 bits per heavy atom. The number of halogens is 1. The van der Waals surface area contributed by atoms with Gasteiger partial charge in [0.1, 0.15) is 0 Å². The molecule has 1 aliphatic carbocycles. The Bertz CT molecular complexity index is 630. The molecule has 0 bridgehead atoms. The lowest BCUT2D eigenvalue weighted by molar-refractivity contribution is 1.09. The van der Waals surface area contributed by atoms with Crippen molar-refractivity contribution in [2.45, 2.75) is 19.8 Å². The lowest BCUT2D eigenvalue weighted by atomic mass is 10.1. The zero-order valence-corrected chi connectivity index (χ0v) is 12.4. The van der Waals surface area contributed by atoms with Gasteiger partial charge in [-0.1, -0.05) is 39.7 Å². The molecule has 0 amide bonds. The summed E-state index contributed by atoms with van der Waals surface area (Å²) in [5.74, 6) is 0. The topological polar surface area (TPSA) is 24.4 Å². The highest BCUT2D eigenvalue weighted by Gasteiger charge is 2.17. The largest absolute Gasteiger partial charge is 0.278 e. The van der Waals surface area contributed by atoms with E-state index in [1.165, 1.54) is 16.7 Å². The second-order valence-electron chi connectivity index (χ2n) is 4.84. The molecular formula is C16H15BrN2. The summed E-state index contributed by atoms with van der Waals surface area (Å²) >= 11 is 3.51. The zero-order valence-electron chi connectivity index (χ0n) is 10.8. The third-order valence-electron chi connectivity index (χ3n) is 3.38. The van der Waals surface area contributed by atoms with E-state index in [-0.39, 0.29) is 0 Å². The van der Waals surface area contributed by atoms with Crippen molar-refractivity contribution in [1.82, 2.24) is 0 Å². The molecule has 1 N–H and O–H groups in total. The molecule has 0 saturated heterocycles. The number of fused-ring (bicyclic) bond motifs is 1. The van der Waals surface area contributed by atoms with Crippen molar-refractivity contribution in [1.29, 1.82) is 0 Å². The van der Waals surface area contributed by atoms with Crippen molar-refractivity contribution >= 4 is 27.3 Å². The Hall–Kier alpha value is -1.61. The van der Waals surface area contributed by atoms with E-state index in [0.717, 1.165) is 28.7 Å². The van der Waals surface area contributed by atoms with Gasteiger partial charge in [-0.2, -0.15) is 5.10 Å². The molecule has 0 spiro atoms. The first-order chi connectivity index (χ1) is 9.22. The van der Waals surface area contributed by atoms with E-state index >= 15 is 0 Å². The first-order valence-corrected chi connectivity index (χ1v) is 7.20. The highest BCUT2D eigenvalue weighted by Crippen LogP contribution is 2.26. The van der Waals surface area contributed by atoms with Gasteiger partial charge in [0, 0.05) is 10.0 Å². The summed E-state index contributed by atoms with van der Waals surface area (Å²) in [4.78, 5) is 0. The molecule has 0 atom stereocenters. The number of nitrogens with zero attached hydrogens (tertiary/aromatic N) is 1. The van der Waals surface area contributed by atoms with Crippen molar-refractivity contribution in [3.63, 3.8) is 0 Å². The molecule has 0 aromatic heterocycles. The molecule has 0 aliphatic heterocycles. The summed E-state index contributed by atoms with van der Waals surface area (Å²) in [6, 6.07) is 14.7. The van der Waals surface area contributed by atoms with Crippen molar-refractivity contribution in [2.75, 3.05) is 5.43 Å². The van der Waals surface area contributed by atoms with Gasteiger partial charge in [-0.25, -0.2) is 0 Å². The van der Waals surface area contributed by atoms with E-state index < -0.39 is 0 Å². The van der Waals surface area contributed by atoms with Gasteiger partial charge in [0.2, 0.25) is 0 Å². The molecule has 0 heterocycles. The lowest BCUT2D eigenvalue weighted by Crippen LogP contribution is -1.99. The maximum absolute atomic E-state index is 4.55. The van der Waals surface area contributed by atoms with Gasteiger partial charge in [0.05, 0.1) is 11.4 Å². The third-order valence-corrected chi connectivity index (χ3v) is 3.87. The number of rotatable bonds is 2. The van der Waals surface area contributed by atoms with Crippen molar-refractivity contribution in [3.8, 4) is 0 Å². The monoisotopic (exact) mass is 314 g/mol. The van der Waals surface area contributed by atoms with Gasteiger partial charge >= 0.3 is 0 Å². The summed E-state index contributed by atoms with van der Waals surface area (Å²) in [6.45, 7) is 2.08. The summed E-state index contributed by atoms with van der Waals surface area (Å²) in [7, 11) is 0. The Labute approximate surface area is 121 Å². The van der Waals surface area contributed by atoms with Crippen molar-refractivity contribution in [3.05, 3.63) is 63.6 Å². The van der Waals surface area contributed by atoms with Crippen LogP contribution >= 0.6 is 15.9 Å². The number of hydrazone groups is 1. The molecule has 1 aliphatic rings.